The average Bonchev–Trinajstić information content (AvgIpc) is 2.10. The maximum atomic E-state index is 12.0. The van der Waals surface area contributed by atoms with Crippen molar-refractivity contribution < 1.29 is 17.9 Å². The number of nitrogens with one attached hydrogen (secondary N) is 1. The first-order valence-corrected chi connectivity index (χ1v) is 5.70. The van der Waals surface area contributed by atoms with Gasteiger partial charge in [-0.3, -0.25) is 0 Å². The molecule has 3 unspecified atom stereocenters. The first-order valence-electron chi connectivity index (χ1n) is 5.70. The molecule has 1 fully saturated rings. The van der Waals surface area contributed by atoms with Gasteiger partial charge in [0.05, 0.1) is 11.7 Å². The molecule has 96 valence electrons. The summed E-state index contributed by atoms with van der Waals surface area (Å²) in [5.41, 5.74) is -0.461. The Morgan fingerprint density at radius 3 is 2.50 bits per heavy atom. The van der Waals surface area contributed by atoms with Gasteiger partial charge in [-0.05, 0) is 33.6 Å². The lowest BCUT2D eigenvalue weighted by molar-refractivity contribution is -0.146. The van der Waals surface area contributed by atoms with Crippen LogP contribution < -0.4 is 5.32 Å². The van der Waals surface area contributed by atoms with Crippen LogP contribution in [0.2, 0.25) is 0 Å². The molecule has 1 aliphatic heterocycles. The van der Waals surface area contributed by atoms with Crippen LogP contribution in [0, 0.1) is 0 Å². The highest BCUT2D eigenvalue weighted by Gasteiger charge is 2.35. The lowest BCUT2D eigenvalue weighted by atomic mass is 9.95. The second-order valence-electron chi connectivity index (χ2n) is 4.91. The maximum absolute atomic E-state index is 12.0. The van der Waals surface area contributed by atoms with Crippen LogP contribution in [0.4, 0.5) is 13.2 Å². The molecular formula is C11H20F3NO. The van der Waals surface area contributed by atoms with E-state index in [0.717, 1.165) is 0 Å². The van der Waals surface area contributed by atoms with E-state index in [1.165, 1.54) is 0 Å². The Morgan fingerprint density at radius 1 is 1.38 bits per heavy atom. The maximum Gasteiger partial charge on any atom is 0.389 e. The van der Waals surface area contributed by atoms with Crippen molar-refractivity contribution in [1.29, 1.82) is 0 Å². The van der Waals surface area contributed by atoms with Gasteiger partial charge in [0.1, 0.15) is 0 Å². The molecule has 1 rings (SSSR count). The fourth-order valence-electron chi connectivity index (χ4n) is 1.95. The Labute approximate surface area is 94.5 Å². The topological polar surface area (TPSA) is 21.3 Å². The van der Waals surface area contributed by atoms with Gasteiger partial charge in [-0.1, -0.05) is 0 Å². The van der Waals surface area contributed by atoms with Crippen LogP contribution in [0.25, 0.3) is 0 Å². The minimum atomic E-state index is -4.06. The van der Waals surface area contributed by atoms with Gasteiger partial charge in [-0.25, -0.2) is 0 Å². The third kappa shape index (κ3) is 4.29. The van der Waals surface area contributed by atoms with Gasteiger partial charge in [-0.2, -0.15) is 13.2 Å². The fourth-order valence-corrected chi connectivity index (χ4v) is 1.95. The van der Waals surface area contributed by atoms with Crippen LogP contribution in [0.15, 0.2) is 0 Å². The molecule has 0 amide bonds. The smallest absolute Gasteiger partial charge is 0.369 e. The van der Waals surface area contributed by atoms with Crippen molar-refractivity contribution in [3.05, 3.63) is 0 Å². The molecular weight excluding hydrogens is 219 g/mol. The van der Waals surface area contributed by atoms with E-state index in [2.05, 4.69) is 5.32 Å². The molecule has 0 bridgehead atoms. The highest BCUT2D eigenvalue weighted by atomic mass is 19.4. The number of rotatable bonds is 3. The van der Waals surface area contributed by atoms with E-state index in [1.807, 2.05) is 20.8 Å². The largest absolute Gasteiger partial charge is 0.389 e. The van der Waals surface area contributed by atoms with Gasteiger partial charge < -0.3 is 10.1 Å². The van der Waals surface area contributed by atoms with Crippen LogP contribution >= 0.6 is 0 Å². The Bertz CT molecular complexity index is 232. The molecule has 0 radical (unpaired) electrons. The lowest BCUT2D eigenvalue weighted by Gasteiger charge is -2.41. The van der Waals surface area contributed by atoms with Crippen LogP contribution in [-0.2, 0) is 4.74 Å². The molecule has 1 aliphatic rings. The van der Waals surface area contributed by atoms with E-state index in [-0.39, 0.29) is 18.6 Å². The molecule has 0 spiro atoms. The summed E-state index contributed by atoms with van der Waals surface area (Å²) in [7, 11) is 0. The number of halogens is 3. The number of hydrogen-bond donors (Lipinski definition) is 1. The Hall–Kier alpha value is -0.290. The molecule has 5 heteroatoms. The standard InChI is InChI=1S/C11H20F3NO/c1-8-9(2)16-10(3,7-15-8)5-4-6-11(12,13)14/h8-9,15H,4-7H2,1-3H3. The summed E-state index contributed by atoms with van der Waals surface area (Å²) < 4.78 is 41.8. The Balaban J connectivity index is 2.35. The minimum Gasteiger partial charge on any atom is -0.369 e. The zero-order valence-electron chi connectivity index (χ0n) is 10.0. The molecule has 0 aromatic heterocycles. The molecule has 3 atom stereocenters. The van der Waals surface area contributed by atoms with E-state index in [4.69, 9.17) is 4.74 Å². The van der Waals surface area contributed by atoms with E-state index in [1.54, 1.807) is 0 Å². The summed E-state index contributed by atoms with van der Waals surface area (Å²) in [5.74, 6) is 0. The third-order valence-corrected chi connectivity index (χ3v) is 3.14. The van der Waals surface area contributed by atoms with Crippen molar-refractivity contribution >= 4 is 0 Å². The summed E-state index contributed by atoms with van der Waals surface area (Å²) in [6.07, 6.45) is -4.17. The normalized spacial score (nSPS) is 36.4. The first kappa shape index (κ1) is 13.8. The highest BCUT2D eigenvalue weighted by Crippen LogP contribution is 2.29. The van der Waals surface area contributed by atoms with E-state index < -0.39 is 18.2 Å². The van der Waals surface area contributed by atoms with E-state index in [0.29, 0.717) is 13.0 Å². The third-order valence-electron chi connectivity index (χ3n) is 3.14. The first-order chi connectivity index (χ1) is 7.22. The molecule has 1 heterocycles. The molecule has 1 N–H and O–H groups in total. The van der Waals surface area contributed by atoms with Crippen molar-refractivity contribution in [1.82, 2.24) is 5.32 Å². The van der Waals surface area contributed by atoms with Gasteiger partial charge in [0.25, 0.3) is 0 Å². The number of hydrogen-bond acceptors (Lipinski definition) is 2. The predicted octanol–water partition coefficient (Wildman–Crippen LogP) is 2.87. The van der Waals surface area contributed by atoms with Gasteiger partial charge >= 0.3 is 6.18 Å². The molecule has 2 nitrogen and oxygen atoms in total. The molecule has 0 aromatic carbocycles. The summed E-state index contributed by atoms with van der Waals surface area (Å²) in [5, 5.41) is 3.26. The quantitative estimate of drug-likeness (QED) is 0.817. The fraction of sp³-hybridized carbons (Fsp3) is 1.00. The number of alkyl halides is 3. The summed E-state index contributed by atoms with van der Waals surface area (Å²) in [6.45, 7) is 6.45. The molecule has 1 saturated heterocycles. The summed E-state index contributed by atoms with van der Waals surface area (Å²) >= 11 is 0. The van der Waals surface area contributed by atoms with Crippen molar-refractivity contribution in [3.63, 3.8) is 0 Å². The van der Waals surface area contributed by atoms with Crippen molar-refractivity contribution in [2.75, 3.05) is 6.54 Å². The number of ether oxygens (including phenoxy) is 1. The zero-order valence-corrected chi connectivity index (χ0v) is 10.0. The minimum absolute atomic E-state index is 0.0460. The van der Waals surface area contributed by atoms with Crippen molar-refractivity contribution in [2.24, 2.45) is 0 Å². The van der Waals surface area contributed by atoms with E-state index in [9.17, 15) is 13.2 Å². The second-order valence-corrected chi connectivity index (χ2v) is 4.91. The number of morpholine rings is 1. The summed E-state index contributed by atoms with van der Waals surface area (Å²) in [6, 6.07) is 0.260. The van der Waals surface area contributed by atoms with Crippen molar-refractivity contribution in [3.8, 4) is 0 Å². The molecule has 16 heavy (non-hydrogen) atoms. The zero-order chi connectivity index (χ0) is 12.4. The van der Waals surface area contributed by atoms with Crippen LogP contribution in [-0.4, -0.2) is 30.5 Å². The molecule has 0 saturated carbocycles. The van der Waals surface area contributed by atoms with Gasteiger partial charge in [0, 0.05) is 19.0 Å². The second kappa shape index (κ2) is 4.92. The predicted molar refractivity (Wildman–Crippen MR) is 56.3 cm³/mol. The lowest BCUT2D eigenvalue weighted by Crippen LogP contribution is -2.55. The Morgan fingerprint density at radius 2 is 2.00 bits per heavy atom. The van der Waals surface area contributed by atoms with Gasteiger partial charge in [-0.15, -0.1) is 0 Å². The molecule has 0 aromatic rings. The monoisotopic (exact) mass is 239 g/mol. The SMILES string of the molecule is CC1NCC(C)(CCCC(F)(F)F)OC1C. The van der Waals surface area contributed by atoms with Crippen LogP contribution in [0.1, 0.15) is 40.0 Å². The van der Waals surface area contributed by atoms with Crippen LogP contribution in [0.3, 0.4) is 0 Å². The van der Waals surface area contributed by atoms with Gasteiger partial charge in [0.2, 0.25) is 0 Å². The van der Waals surface area contributed by atoms with Crippen molar-refractivity contribution in [2.45, 2.75) is 64.0 Å². The molecule has 0 aliphatic carbocycles. The highest BCUT2D eigenvalue weighted by molar-refractivity contribution is 4.88. The average molecular weight is 239 g/mol. The Kier molecular flexibility index (Phi) is 4.23. The summed E-state index contributed by atoms with van der Waals surface area (Å²) in [4.78, 5) is 0. The van der Waals surface area contributed by atoms with E-state index >= 15 is 0 Å². The van der Waals surface area contributed by atoms with Gasteiger partial charge in [0.15, 0.2) is 0 Å². The van der Waals surface area contributed by atoms with Crippen LogP contribution in [0.5, 0.6) is 0 Å².